The molecule has 0 aromatic heterocycles. The van der Waals surface area contributed by atoms with Crippen molar-refractivity contribution in [1.29, 1.82) is 0 Å². The molecule has 1 aliphatic carbocycles. The Kier molecular flexibility index (Phi) is 6.64. The van der Waals surface area contributed by atoms with Crippen molar-refractivity contribution < 1.29 is 32.3 Å². The average Bonchev–Trinajstić information content (AvgIpc) is 2.72. The highest BCUT2D eigenvalue weighted by molar-refractivity contribution is 6.04. The van der Waals surface area contributed by atoms with Crippen LogP contribution in [0.25, 0.3) is 0 Å². The average molecular weight is 438 g/mol. The Labute approximate surface area is 176 Å². The van der Waals surface area contributed by atoms with Gasteiger partial charge in [0.2, 0.25) is 0 Å². The first-order valence-electron chi connectivity index (χ1n) is 9.82. The molecule has 0 heterocycles. The van der Waals surface area contributed by atoms with Gasteiger partial charge in [0.1, 0.15) is 11.6 Å². The number of carbonyl (C=O) groups is 2. The highest BCUT2D eigenvalue weighted by atomic mass is 19.3. The zero-order chi connectivity index (χ0) is 22.8. The predicted molar refractivity (Wildman–Crippen MR) is 106 cm³/mol. The molecular weight excluding hydrogens is 416 g/mol. The topological polar surface area (TPSA) is 78.4 Å². The number of benzene rings is 2. The standard InChI is InChI=1S/C22H22F4N2O3/c1-12-10-15(5-9-18(12)23)27-20(30)13-2-8-19(24)17(11-13)22(25,26)21(31)28-14-3-6-16(29)7-4-14/h2,5,8-11,14,16,29H,3-4,6-7H2,1H3,(H,27,30)(H,28,31)/t14-,16-. The number of nitrogens with one attached hydrogen (secondary N) is 2. The Balaban J connectivity index is 1.77. The second-order valence-corrected chi connectivity index (χ2v) is 7.67. The molecule has 0 saturated heterocycles. The van der Waals surface area contributed by atoms with Crippen LogP contribution in [-0.2, 0) is 10.7 Å². The maximum atomic E-state index is 14.7. The molecule has 2 amide bonds. The van der Waals surface area contributed by atoms with E-state index in [4.69, 9.17) is 0 Å². The second kappa shape index (κ2) is 9.05. The van der Waals surface area contributed by atoms with E-state index in [2.05, 4.69) is 10.6 Å². The van der Waals surface area contributed by atoms with Crippen LogP contribution in [0.3, 0.4) is 0 Å². The number of amides is 2. The molecule has 0 unspecified atom stereocenters. The summed E-state index contributed by atoms with van der Waals surface area (Å²) in [4.78, 5) is 24.6. The Morgan fingerprint density at radius 3 is 2.29 bits per heavy atom. The summed E-state index contributed by atoms with van der Waals surface area (Å²) in [5.41, 5.74) is -0.995. The summed E-state index contributed by atoms with van der Waals surface area (Å²) in [5.74, 6) is -8.49. The second-order valence-electron chi connectivity index (χ2n) is 7.67. The summed E-state index contributed by atoms with van der Waals surface area (Å²) in [6.07, 6.45) is 0.911. The summed E-state index contributed by atoms with van der Waals surface area (Å²) in [5, 5.41) is 14.1. The molecule has 5 nitrogen and oxygen atoms in total. The Morgan fingerprint density at radius 1 is 1.00 bits per heavy atom. The van der Waals surface area contributed by atoms with Gasteiger partial charge in [0.25, 0.3) is 11.8 Å². The van der Waals surface area contributed by atoms with E-state index in [0.29, 0.717) is 37.8 Å². The van der Waals surface area contributed by atoms with Crippen LogP contribution in [0.5, 0.6) is 0 Å². The molecule has 9 heteroatoms. The fraction of sp³-hybridized carbons (Fsp3) is 0.364. The van der Waals surface area contributed by atoms with Crippen molar-refractivity contribution >= 4 is 17.5 Å². The minimum atomic E-state index is -4.21. The van der Waals surface area contributed by atoms with E-state index in [0.717, 1.165) is 12.1 Å². The number of hydrogen-bond acceptors (Lipinski definition) is 3. The van der Waals surface area contributed by atoms with Crippen molar-refractivity contribution in [3.8, 4) is 0 Å². The minimum absolute atomic E-state index is 0.235. The van der Waals surface area contributed by atoms with Gasteiger partial charge in [0.15, 0.2) is 0 Å². The molecule has 2 aromatic carbocycles. The van der Waals surface area contributed by atoms with Crippen LogP contribution < -0.4 is 10.6 Å². The summed E-state index contributed by atoms with van der Waals surface area (Å²) >= 11 is 0. The number of hydrogen-bond donors (Lipinski definition) is 3. The number of anilines is 1. The van der Waals surface area contributed by atoms with Gasteiger partial charge in [0, 0.05) is 17.3 Å². The number of aryl methyl sites for hydroxylation is 1. The number of aliphatic hydroxyl groups excluding tert-OH is 1. The quantitative estimate of drug-likeness (QED) is 0.617. The van der Waals surface area contributed by atoms with Crippen molar-refractivity contribution in [2.75, 3.05) is 5.32 Å². The van der Waals surface area contributed by atoms with E-state index in [1.54, 1.807) is 0 Å². The van der Waals surface area contributed by atoms with E-state index < -0.39 is 47.1 Å². The first-order valence-corrected chi connectivity index (χ1v) is 9.82. The minimum Gasteiger partial charge on any atom is -0.393 e. The lowest BCUT2D eigenvalue weighted by Crippen LogP contribution is -2.46. The van der Waals surface area contributed by atoms with Gasteiger partial charge in [-0.25, -0.2) is 8.78 Å². The lowest BCUT2D eigenvalue weighted by atomic mass is 9.92. The maximum absolute atomic E-state index is 14.7. The third kappa shape index (κ3) is 5.22. The van der Waals surface area contributed by atoms with Gasteiger partial charge in [-0.1, -0.05) is 0 Å². The summed E-state index contributed by atoms with van der Waals surface area (Å²) in [6.45, 7) is 1.49. The molecule has 0 aliphatic heterocycles. The van der Waals surface area contributed by atoms with E-state index in [1.807, 2.05) is 0 Å². The van der Waals surface area contributed by atoms with Gasteiger partial charge in [-0.05, 0) is 74.6 Å². The van der Waals surface area contributed by atoms with Crippen LogP contribution >= 0.6 is 0 Å². The molecule has 0 radical (unpaired) electrons. The molecule has 1 saturated carbocycles. The molecule has 1 fully saturated rings. The Bertz CT molecular complexity index is 989. The molecule has 0 spiro atoms. The van der Waals surface area contributed by atoms with Gasteiger partial charge in [0.05, 0.1) is 11.7 Å². The van der Waals surface area contributed by atoms with Crippen molar-refractivity contribution in [3.05, 3.63) is 64.7 Å². The number of carbonyl (C=O) groups excluding carboxylic acids is 2. The molecule has 1 aliphatic rings. The maximum Gasteiger partial charge on any atom is 0.352 e. The number of alkyl halides is 2. The lowest BCUT2D eigenvalue weighted by molar-refractivity contribution is -0.148. The largest absolute Gasteiger partial charge is 0.393 e. The monoisotopic (exact) mass is 438 g/mol. The van der Waals surface area contributed by atoms with Gasteiger partial charge in [-0.2, -0.15) is 8.78 Å². The highest BCUT2D eigenvalue weighted by Crippen LogP contribution is 2.32. The van der Waals surface area contributed by atoms with Crippen LogP contribution in [0.2, 0.25) is 0 Å². The van der Waals surface area contributed by atoms with E-state index in [1.165, 1.54) is 19.1 Å². The van der Waals surface area contributed by atoms with Crippen molar-refractivity contribution in [1.82, 2.24) is 5.32 Å². The zero-order valence-electron chi connectivity index (χ0n) is 16.7. The fourth-order valence-corrected chi connectivity index (χ4v) is 3.45. The molecule has 0 bridgehead atoms. The van der Waals surface area contributed by atoms with Crippen molar-refractivity contribution in [2.45, 2.75) is 50.7 Å². The first-order chi connectivity index (χ1) is 14.6. The van der Waals surface area contributed by atoms with E-state index >= 15 is 0 Å². The van der Waals surface area contributed by atoms with Gasteiger partial charge in [-0.15, -0.1) is 0 Å². The number of aliphatic hydroxyl groups is 1. The van der Waals surface area contributed by atoms with Crippen LogP contribution in [0.1, 0.15) is 47.2 Å². The summed E-state index contributed by atoms with van der Waals surface area (Å²) in [6, 6.07) is 5.60. The van der Waals surface area contributed by atoms with E-state index in [-0.39, 0.29) is 16.8 Å². The normalized spacial score (nSPS) is 19.0. The molecule has 31 heavy (non-hydrogen) atoms. The lowest BCUT2D eigenvalue weighted by Gasteiger charge is -2.28. The van der Waals surface area contributed by atoms with Crippen LogP contribution in [0.4, 0.5) is 23.2 Å². The van der Waals surface area contributed by atoms with Crippen molar-refractivity contribution in [2.24, 2.45) is 0 Å². The Morgan fingerprint density at radius 2 is 1.65 bits per heavy atom. The molecule has 3 N–H and O–H groups in total. The highest BCUT2D eigenvalue weighted by Gasteiger charge is 2.44. The number of halogens is 4. The van der Waals surface area contributed by atoms with Gasteiger partial charge < -0.3 is 15.7 Å². The molecule has 166 valence electrons. The van der Waals surface area contributed by atoms with Crippen LogP contribution in [0, 0.1) is 18.6 Å². The van der Waals surface area contributed by atoms with Crippen molar-refractivity contribution in [3.63, 3.8) is 0 Å². The molecule has 0 atom stereocenters. The van der Waals surface area contributed by atoms with Gasteiger partial charge >= 0.3 is 5.92 Å². The van der Waals surface area contributed by atoms with Crippen LogP contribution in [-0.4, -0.2) is 29.1 Å². The van der Waals surface area contributed by atoms with E-state index in [9.17, 15) is 32.3 Å². The molecule has 3 rings (SSSR count). The zero-order valence-corrected chi connectivity index (χ0v) is 16.7. The summed E-state index contributed by atoms with van der Waals surface area (Å²) in [7, 11) is 0. The Hall–Kier alpha value is -2.94. The van der Waals surface area contributed by atoms with Gasteiger partial charge in [-0.3, -0.25) is 9.59 Å². The number of rotatable bonds is 5. The molecular formula is C22H22F4N2O3. The predicted octanol–water partition coefficient (Wildman–Crippen LogP) is 4.04. The molecule has 2 aromatic rings. The third-order valence-electron chi connectivity index (χ3n) is 5.30. The smallest absolute Gasteiger partial charge is 0.352 e. The van der Waals surface area contributed by atoms with Crippen LogP contribution in [0.15, 0.2) is 36.4 Å². The SMILES string of the molecule is Cc1cc(NC(=O)c2ccc(F)c(C(F)(F)C(=O)N[C@H]3CC[C@H](O)CC3)c2)ccc1F. The first kappa shape index (κ1) is 22.7. The summed E-state index contributed by atoms with van der Waals surface area (Å²) < 4.78 is 57.0. The fourth-order valence-electron chi connectivity index (χ4n) is 3.45. The third-order valence-corrected chi connectivity index (χ3v) is 5.30.